The van der Waals surface area contributed by atoms with E-state index in [9.17, 15) is 18.0 Å². The number of benzene rings is 1. The first-order chi connectivity index (χ1) is 12.6. The normalized spacial score (nSPS) is 14.4. The van der Waals surface area contributed by atoms with Crippen LogP contribution in [0.25, 0.3) is 0 Å². The van der Waals surface area contributed by atoms with Crippen LogP contribution in [0.3, 0.4) is 0 Å². The molecule has 1 aliphatic carbocycles. The van der Waals surface area contributed by atoms with Gasteiger partial charge in [-0.2, -0.15) is 0 Å². The molecule has 7 nitrogen and oxygen atoms in total. The second-order valence-corrected chi connectivity index (χ2v) is 9.16. The molecule has 2 aromatic rings. The van der Waals surface area contributed by atoms with Gasteiger partial charge in [0.15, 0.2) is 15.6 Å². The van der Waals surface area contributed by atoms with Crippen molar-refractivity contribution in [2.24, 2.45) is 0 Å². The van der Waals surface area contributed by atoms with E-state index in [2.05, 4.69) is 5.16 Å². The SMILES string of the molecule is CC(C)OC(=O)c1noc(C2CC2)c1C(=O)c1ccc(S(C)(=O)=O)cc1Cl. The summed E-state index contributed by atoms with van der Waals surface area (Å²) in [4.78, 5) is 25.4. The number of rotatable bonds is 6. The minimum atomic E-state index is -3.47. The van der Waals surface area contributed by atoms with E-state index in [4.69, 9.17) is 20.9 Å². The van der Waals surface area contributed by atoms with Crippen LogP contribution in [0.1, 0.15) is 64.8 Å². The second-order valence-electron chi connectivity index (χ2n) is 6.74. The van der Waals surface area contributed by atoms with E-state index in [0.29, 0.717) is 5.76 Å². The molecule has 0 aliphatic heterocycles. The topological polar surface area (TPSA) is 104 Å². The molecule has 1 heterocycles. The summed E-state index contributed by atoms with van der Waals surface area (Å²) in [5.74, 6) is -0.961. The van der Waals surface area contributed by atoms with E-state index in [1.807, 2.05) is 0 Å². The van der Waals surface area contributed by atoms with Gasteiger partial charge in [0, 0.05) is 17.7 Å². The van der Waals surface area contributed by atoms with Gasteiger partial charge in [-0.15, -0.1) is 0 Å². The average molecular weight is 412 g/mol. The molecule has 1 aromatic carbocycles. The van der Waals surface area contributed by atoms with Gasteiger partial charge in [0.05, 0.1) is 16.0 Å². The Morgan fingerprint density at radius 3 is 2.48 bits per heavy atom. The first-order valence-corrected chi connectivity index (χ1v) is 10.6. The maximum absolute atomic E-state index is 13.1. The van der Waals surface area contributed by atoms with E-state index in [1.165, 1.54) is 18.2 Å². The van der Waals surface area contributed by atoms with Crippen LogP contribution >= 0.6 is 11.6 Å². The van der Waals surface area contributed by atoms with Crippen molar-refractivity contribution in [1.29, 1.82) is 0 Å². The summed E-state index contributed by atoms with van der Waals surface area (Å²) < 4.78 is 33.7. The Hall–Kier alpha value is -2.19. The van der Waals surface area contributed by atoms with Crippen molar-refractivity contribution < 1.29 is 27.3 Å². The molecule has 0 saturated heterocycles. The van der Waals surface area contributed by atoms with Crippen LogP contribution in [0.15, 0.2) is 27.6 Å². The molecule has 0 unspecified atom stereocenters. The molecule has 3 rings (SSSR count). The van der Waals surface area contributed by atoms with Crippen LogP contribution in [0, 0.1) is 0 Å². The molecule has 144 valence electrons. The zero-order chi connectivity index (χ0) is 19.9. The van der Waals surface area contributed by atoms with Crippen LogP contribution < -0.4 is 0 Å². The quantitative estimate of drug-likeness (QED) is 0.529. The largest absolute Gasteiger partial charge is 0.458 e. The van der Waals surface area contributed by atoms with Gasteiger partial charge in [-0.05, 0) is 44.9 Å². The minimum Gasteiger partial charge on any atom is -0.458 e. The molecule has 0 atom stereocenters. The summed E-state index contributed by atoms with van der Waals surface area (Å²) in [6, 6.07) is 3.83. The zero-order valence-electron chi connectivity index (χ0n) is 15.0. The number of aromatic nitrogens is 1. The minimum absolute atomic E-state index is 0.00349. The number of hydrogen-bond acceptors (Lipinski definition) is 7. The summed E-state index contributed by atoms with van der Waals surface area (Å²) in [6.07, 6.45) is 2.31. The van der Waals surface area contributed by atoms with Crippen LogP contribution in [0.2, 0.25) is 5.02 Å². The third-order valence-corrected chi connectivity index (χ3v) is 5.47. The van der Waals surface area contributed by atoms with Gasteiger partial charge >= 0.3 is 5.97 Å². The molecular weight excluding hydrogens is 394 g/mol. The van der Waals surface area contributed by atoms with Crippen LogP contribution in [-0.2, 0) is 14.6 Å². The Bertz CT molecular complexity index is 1020. The van der Waals surface area contributed by atoms with Gasteiger partial charge in [0.25, 0.3) is 0 Å². The van der Waals surface area contributed by atoms with E-state index in [0.717, 1.165) is 19.1 Å². The molecule has 27 heavy (non-hydrogen) atoms. The van der Waals surface area contributed by atoms with E-state index < -0.39 is 21.6 Å². The van der Waals surface area contributed by atoms with Gasteiger partial charge in [0.2, 0.25) is 11.5 Å². The molecule has 0 radical (unpaired) electrons. The Morgan fingerprint density at radius 2 is 1.96 bits per heavy atom. The lowest BCUT2D eigenvalue weighted by Gasteiger charge is -2.09. The predicted octanol–water partition coefficient (Wildman–Crippen LogP) is 3.41. The molecule has 1 saturated carbocycles. The van der Waals surface area contributed by atoms with Crippen molar-refractivity contribution in [3.05, 3.63) is 45.8 Å². The Morgan fingerprint density at radius 1 is 1.30 bits per heavy atom. The van der Waals surface area contributed by atoms with Crippen molar-refractivity contribution in [2.75, 3.05) is 6.26 Å². The molecule has 1 aliphatic rings. The number of nitrogens with zero attached hydrogens (tertiary/aromatic N) is 1. The Labute approximate surface area is 161 Å². The fourth-order valence-corrected chi connectivity index (χ4v) is 3.58. The van der Waals surface area contributed by atoms with E-state index in [-0.39, 0.29) is 38.8 Å². The van der Waals surface area contributed by atoms with Crippen LogP contribution in [0.5, 0.6) is 0 Å². The molecular formula is C18H18ClNO6S. The fourth-order valence-electron chi connectivity index (χ4n) is 2.60. The number of ketones is 1. The van der Waals surface area contributed by atoms with Crippen molar-refractivity contribution in [3.8, 4) is 0 Å². The first kappa shape index (κ1) is 19.6. The van der Waals surface area contributed by atoms with Crippen LogP contribution in [-0.4, -0.2) is 37.7 Å². The van der Waals surface area contributed by atoms with Gasteiger partial charge < -0.3 is 9.26 Å². The highest BCUT2D eigenvalue weighted by molar-refractivity contribution is 7.90. The second kappa shape index (κ2) is 7.09. The number of sulfone groups is 1. The molecule has 9 heteroatoms. The van der Waals surface area contributed by atoms with Crippen molar-refractivity contribution in [1.82, 2.24) is 5.16 Å². The average Bonchev–Trinajstić information content (AvgIpc) is 3.30. The highest BCUT2D eigenvalue weighted by Crippen LogP contribution is 2.43. The number of carbonyl (C=O) groups excluding carboxylic acids is 2. The maximum atomic E-state index is 13.1. The Kier molecular flexibility index (Phi) is 5.14. The summed E-state index contributed by atoms with van der Waals surface area (Å²) in [5, 5.41) is 3.72. The van der Waals surface area contributed by atoms with Crippen LogP contribution in [0.4, 0.5) is 0 Å². The van der Waals surface area contributed by atoms with Crippen molar-refractivity contribution >= 4 is 33.2 Å². The first-order valence-electron chi connectivity index (χ1n) is 8.34. The molecule has 0 bridgehead atoms. The number of carbonyl (C=O) groups is 2. The van der Waals surface area contributed by atoms with Gasteiger partial charge in [-0.25, -0.2) is 13.2 Å². The standard InChI is InChI=1S/C18H18ClNO6S/c1-9(2)25-18(22)15-14(17(26-20-15)10-4-5-10)16(21)12-7-6-11(8-13(12)19)27(3,23)24/h6-10H,4-5H2,1-3H3. The molecule has 1 fully saturated rings. The van der Waals surface area contributed by atoms with Gasteiger partial charge in [-0.1, -0.05) is 16.8 Å². The van der Waals surface area contributed by atoms with Gasteiger partial charge in [-0.3, -0.25) is 4.79 Å². The highest BCUT2D eigenvalue weighted by atomic mass is 35.5. The number of esters is 1. The summed E-state index contributed by atoms with van der Waals surface area (Å²) >= 11 is 6.16. The molecule has 0 N–H and O–H groups in total. The summed E-state index contributed by atoms with van der Waals surface area (Å²) in [6.45, 7) is 3.37. The predicted molar refractivity (Wildman–Crippen MR) is 97.0 cm³/mol. The summed E-state index contributed by atoms with van der Waals surface area (Å²) in [7, 11) is -3.47. The smallest absolute Gasteiger partial charge is 0.361 e. The third-order valence-electron chi connectivity index (χ3n) is 4.04. The molecule has 0 spiro atoms. The summed E-state index contributed by atoms with van der Waals surface area (Å²) in [5.41, 5.74) is -0.108. The fraction of sp³-hybridized carbons (Fsp3) is 0.389. The third kappa shape index (κ3) is 4.06. The maximum Gasteiger partial charge on any atom is 0.361 e. The number of ether oxygens (including phenoxy) is 1. The van der Waals surface area contributed by atoms with E-state index in [1.54, 1.807) is 13.8 Å². The van der Waals surface area contributed by atoms with Crippen molar-refractivity contribution in [2.45, 2.75) is 43.6 Å². The lowest BCUT2D eigenvalue weighted by molar-refractivity contribution is 0.0364. The molecule has 0 amide bonds. The lowest BCUT2D eigenvalue weighted by Crippen LogP contribution is -2.16. The molecule has 1 aromatic heterocycles. The number of hydrogen-bond donors (Lipinski definition) is 0. The zero-order valence-corrected chi connectivity index (χ0v) is 16.6. The van der Waals surface area contributed by atoms with E-state index >= 15 is 0 Å². The Balaban J connectivity index is 2.06. The van der Waals surface area contributed by atoms with Crippen molar-refractivity contribution in [3.63, 3.8) is 0 Å². The highest BCUT2D eigenvalue weighted by Gasteiger charge is 2.38. The number of halogens is 1. The van der Waals surface area contributed by atoms with Gasteiger partial charge in [0.1, 0.15) is 5.56 Å². The lowest BCUT2D eigenvalue weighted by atomic mass is 9.99. The monoisotopic (exact) mass is 411 g/mol.